The molecule has 3 nitrogen and oxygen atoms in total. The minimum atomic E-state index is 0.318. The summed E-state index contributed by atoms with van der Waals surface area (Å²) in [6.45, 7) is 4.25. The Bertz CT molecular complexity index is 384. The average Bonchev–Trinajstić information content (AvgIpc) is 2.29. The van der Waals surface area contributed by atoms with Crippen molar-refractivity contribution in [1.82, 2.24) is 4.98 Å². The van der Waals surface area contributed by atoms with Gasteiger partial charge < -0.3 is 5.32 Å². The number of aromatic nitrogens is 1. The van der Waals surface area contributed by atoms with Crippen molar-refractivity contribution in [3.05, 3.63) is 22.8 Å². The summed E-state index contributed by atoms with van der Waals surface area (Å²) in [6.07, 6.45) is 5.01. The van der Waals surface area contributed by atoms with E-state index in [1.54, 1.807) is 12.3 Å². The first-order valence-corrected chi connectivity index (χ1v) is 5.88. The molecule has 0 aliphatic rings. The first-order valence-electron chi connectivity index (χ1n) is 5.50. The maximum Gasteiger partial charge on any atom is 0.146 e. The minimum Gasteiger partial charge on any atom is -0.366 e. The zero-order valence-electron chi connectivity index (χ0n) is 9.63. The molecule has 1 aromatic rings. The zero-order chi connectivity index (χ0) is 12.0. The van der Waals surface area contributed by atoms with Crippen molar-refractivity contribution in [2.45, 2.75) is 39.2 Å². The quantitative estimate of drug-likeness (QED) is 0.851. The van der Waals surface area contributed by atoms with Crippen molar-refractivity contribution in [2.75, 3.05) is 5.32 Å². The van der Waals surface area contributed by atoms with E-state index in [0.717, 1.165) is 6.42 Å². The van der Waals surface area contributed by atoms with E-state index in [4.69, 9.17) is 16.9 Å². The van der Waals surface area contributed by atoms with Crippen LogP contribution in [0, 0.1) is 11.3 Å². The normalized spacial score (nSPS) is 11.9. The van der Waals surface area contributed by atoms with Gasteiger partial charge in [-0.25, -0.2) is 4.98 Å². The predicted octanol–water partition coefficient (Wildman–Crippen LogP) is 3.60. The van der Waals surface area contributed by atoms with E-state index >= 15 is 0 Å². The Kier molecular flexibility index (Phi) is 5.07. The number of nitriles is 1. The fraction of sp³-hybridized carbons (Fsp3) is 0.500. The Morgan fingerprint density at radius 2 is 2.38 bits per heavy atom. The molecule has 0 radical (unpaired) electrons. The average molecular weight is 238 g/mol. The first-order chi connectivity index (χ1) is 7.69. The van der Waals surface area contributed by atoms with E-state index in [1.807, 2.05) is 6.07 Å². The lowest BCUT2D eigenvalue weighted by Gasteiger charge is -2.15. The number of hydrogen-bond acceptors (Lipinski definition) is 3. The van der Waals surface area contributed by atoms with Crippen LogP contribution in [0.1, 0.15) is 38.7 Å². The van der Waals surface area contributed by atoms with Gasteiger partial charge in [-0.3, -0.25) is 0 Å². The molecule has 1 atom stereocenters. The van der Waals surface area contributed by atoms with E-state index in [-0.39, 0.29) is 0 Å². The smallest absolute Gasteiger partial charge is 0.146 e. The van der Waals surface area contributed by atoms with Crippen LogP contribution in [-0.2, 0) is 0 Å². The largest absolute Gasteiger partial charge is 0.366 e. The van der Waals surface area contributed by atoms with Gasteiger partial charge in [0.25, 0.3) is 0 Å². The molecule has 1 unspecified atom stereocenters. The molecule has 0 amide bonds. The molecule has 0 bridgehead atoms. The van der Waals surface area contributed by atoms with Crippen molar-refractivity contribution in [2.24, 2.45) is 0 Å². The molecule has 4 heteroatoms. The molecule has 1 aromatic heterocycles. The molecular formula is C12H16ClN3. The number of halogens is 1. The third-order valence-corrected chi connectivity index (χ3v) is 2.77. The summed E-state index contributed by atoms with van der Waals surface area (Å²) in [7, 11) is 0. The molecule has 1 N–H and O–H groups in total. The Labute approximate surface area is 101 Å². The summed E-state index contributed by atoms with van der Waals surface area (Å²) in [5.74, 6) is 0.601. The van der Waals surface area contributed by atoms with E-state index < -0.39 is 0 Å². The Morgan fingerprint density at radius 1 is 1.62 bits per heavy atom. The van der Waals surface area contributed by atoms with Crippen LogP contribution < -0.4 is 5.32 Å². The molecule has 0 aromatic carbocycles. The van der Waals surface area contributed by atoms with Crippen LogP contribution >= 0.6 is 11.6 Å². The van der Waals surface area contributed by atoms with E-state index in [2.05, 4.69) is 24.1 Å². The van der Waals surface area contributed by atoms with Gasteiger partial charge in [0.15, 0.2) is 0 Å². The molecule has 1 rings (SSSR count). The summed E-state index contributed by atoms with van der Waals surface area (Å²) < 4.78 is 0. The fourth-order valence-electron chi connectivity index (χ4n) is 1.45. The van der Waals surface area contributed by atoms with Crippen molar-refractivity contribution in [3.8, 4) is 6.07 Å². The van der Waals surface area contributed by atoms with Gasteiger partial charge in [0.2, 0.25) is 0 Å². The van der Waals surface area contributed by atoms with Gasteiger partial charge in [0.1, 0.15) is 16.9 Å². The van der Waals surface area contributed by atoms with Crippen LogP contribution in [0.4, 0.5) is 5.82 Å². The van der Waals surface area contributed by atoms with Crippen LogP contribution in [0.15, 0.2) is 12.3 Å². The lowest BCUT2D eigenvalue weighted by atomic mass is 10.1. The van der Waals surface area contributed by atoms with Crippen molar-refractivity contribution >= 4 is 17.4 Å². The molecular weight excluding hydrogens is 222 g/mol. The number of unbranched alkanes of at least 4 members (excludes halogenated alkanes) is 1. The topological polar surface area (TPSA) is 48.7 Å². The van der Waals surface area contributed by atoms with E-state index in [9.17, 15) is 0 Å². The molecule has 0 aliphatic heterocycles. The highest BCUT2D eigenvalue weighted by Gasteiger charge is 2.09. The Balaban J connectivity index is 2.70. The third-order valence-electron chi connectivity index (χ3n) is 2.38. The lowest BCUT2D eigenvalue weighted by Crippen LogP contribution is -2.16. The minimum absolute atomic E-state index is 0.318. The summed E-state index contributed by atoms with van der Waals surface area (Å²) >= 11 is 6.04. The molecule has 0 saturated heterocycles. The van der Waals surface area contributed by atoms with Crippen LogP contribution in [0.25, 0.3) is 0 Å². The summed E-state index contributed by atoms with van der Waals surface area (Å²) in [5.41, 5.74) is 0.460. The number of rotatable bonds is 5. The Hall–Kier alpha value is -1.27. The van der Waals surface area contributed by atoms with Gasteiger partial charge in [-0.2, -0.15) is 5.26 Å². The molecule has 16 heavy (non-hydrogen) atoms. The number of anilines is 1. The van der Waals surface area contributed by atoms with Crippen LogP contribution in [-0.4, -0.2) is 11.0 Å². The van der Waals surface area contributed by atoms with E-state index in [1.165, 1.54) is 12.8 Å². The van der Waals surface area contributed by atoms with Gasteiger partial charge in [0.05, 0.1) is 5.56 Å². The second kappa shape index (κ2) is 6.34. The third kappa shape index (κ3) is 3.39. The van der Waals surface area contributed by atoms with Gasteiger partial charge >= 0.3 is 0 Å². The fourth-order valence-corrected chi connectivity index (χ4v) is 1.66. The molecule has 0 spiro atoms. The summed E-state index contributed by atoms with van der Waals surface area (Å²) in [5, 5.41) is 12.5. The highest BCUT2D eigenvalue weighted by Crippen LogP contribution is 2.23. The second-order valence-corrected chi connectivity index (χ2v) is 4.20. The SMILES string of the molecule is CCCCC(C)Nc1nccc(C#N)c1Cl. The summed E-state index contributed by atoms with van der Waals surface area (Å²) in [4.78, 5) is 4.14. The maximum absolute atomic E-state index is 8.83. The van der Waals surface area contributed by atoms with Gasteiger partial charge in [-0.1, -0.05) is 31.4 Å². The lowest BCUT2D eigenvalue weighted by molar-refractivity contribution is 0.643. The number of nitrogens with zero attached hydrogens (tertiary/aromatic N) is 2. The highest BCUT2D eigenvalue weighted by atomic mass is 35.5. The number of pyridine rings is 1. The molecule has 86 valence electrons. The van der Waals surface area contributed by atoms with Crippen molar-refractivity contribution < 1.29 is 0 Å². The van der Waals surface area contributed by atoms with Crippen LogP contribution in [0.5, 0.6) is 0 Å². The molecule has 0 fully saturated rings. The van der Waals surface area contributed by atoms with Crippen LogP contribution in [0.3, 0.4) is 0 Å². The number of hydrogen-bond donors (Lipinski definition) is 1. The van der Waals surface area contributed by atoms with Gasteiger partial charge in [-0.05, 0) is 19.4 Å². The van der Waals surface area contributed by atoms with Gasteiger partial charge in [-0.15, -0.1) is 0 Å². The molecule has 0 saturated carbocycles. The molecule has 1 heterocycles. The highest BCUT2D eigenvalue weighted by molar-refractivity contribution is 6.34. The van der Waals surface area contributed by atoms with Crippen molar-refractivity contribution in [1.29, 1.82) is 5.26 Å². The summed E-state index contributed by atoms with van der Waals surface area (Å²) in [6, 6.07) is 3.97. The monoisotopic (exact) mass is 237 g/mol. The van der Waals surface area contributed by atoms with Gasteiger partial charge in [0, 0.05) is 12.2 Å². The van der Waals surface area contributed by atoms with Crippen molar-refractivity contribution in [3.63, 3.8) is 0 Å². The second-order valence-electron chi connectivity index (χ2n) is 3.82. The Morgan fingerprint density at radius 3 is 3.00 bits per heavy atom. The predicted molar refractivity (Wildman–Crippen MR) is 66.6 cm³/mol. The zero-order valence-corrected chi connectivity index (χ0v) is 10.4. The standard InChI is InChI=1S/C12H16ClN3/c1-3-4-5-9(2)16-12-11(13)10(8-14)6-7-15-12/h6-7,9H,3-5H2,1-2H3,(H,15,16). The molecule has 0 aliphatic carbocycles. The van der Waals surface area contributed by atoms with E-state index in [0.29, 0.717) is 22.4 Å². The first kappa shape index (κ1) is 12.8. The van der Waals surface area contributed by atoms with Crippen LogP contribution in [0.2, 0.25) is 5.02 Å². The maximum atomic E-state index is 8.83. The number of nitrogens with one attached hydrogen (secondary N) is 1.